The van der Waals surface area contributed by atoms with E-state index in [1.807, 2.05) is 0 Å². The van der Waals surface area contributed by atoms with Gasteiger partial charge in [0, 0.05) is 23.2 Å². The lowest BCUT2D eigenvalue weighted by molar-refractivity contribution is -0.139. The Labute approximate surface area is 167 Å². The second kappa shape index (κ2) is 7.87. The lowest BCUT2D eigenvalue weighted by Gasteiger charge is -2.16. The number of esters is 1. The third kappa shape index (κ3) is 4.12. The molecule has 0 unspecified atom stereocenters. The van der Waals surface area contributed by atoms with Crippen molar-refractivity contribution in [3.63, 3.8) is 0 Å². The summed E-state index contributed by atoms with van der Waals surface area (Å²) in [5, 5.41) is -0.0247. The number of nitrogens with zero attached hydrogens (tertiary/aromatic N) is 1. The first-order valence-electron chi connectivity index (χ1n) is 8.48. The van der Waals surface area contributed by atoms with Crippen LogP contribution in [0.2, 0.25) is 5.02 Å². The van der Waals surface area contributed by atoms with Crippen LogP contribution in [0.5, 0.6) is 0 Å². The summed E-state index contributed by atoms with van der Waals surface area (Å²) < 4.78 is 59.7. The molecule has 0 saturated carbocycles. The number of ether oxygens (including phenoxy) is 1. The van der Waals surface area contributed by atoms with Gasteiger partial charge in [-0.15, -0.1) is 0 Å². The van der Waals surface area contributed by atoms with E-state index in [1.54, 1.807) is 24.3 Å². The van der Waals surface area contributed by atoms with Gasteiger partial charge < -0.3 is 9.30 Å². The van der Waals surface area contributed by atoms with E-state index >= 15 is 0 Å². The van der Waals surface area contributed by atoms with Crippen LogP contribution in [0, 0.1) is 5.82 Å². The Morgan fingerprint density at radius 3 is 2.52 bits per heavy atom. The van der Waals surface area contributed by atoms with Gasteiger partial charge in [-0.3, -0.25) is 4.79 Å². The second-order valence-corrected chi connectivity index (χ2v) is 6.57. The number of hydrogen-bond acceptors (Lipinski definition) is 3. The summed E-state index contributed by atoms with van der Waals surface area (Å²) in [6, 6.07) is 7.64. The Morgan fingerprint density at radius 1 is 1.21 bits per heavy atom. The Hall–Kier alpha value is -2.87. The predicted molar refractivity (Wildman–Crippen MR) is 99.7 cm³/mol. The molecule has 0 bridgehead atoms. The SMILES string of the molecule is CCOC(=O)c1cn(Cc2ccccc2Cl)c2cc(C(F)(F)F)c(F)cc2c1=O. The van der Waals surface area contributed by atoms with Crippen LogP contribution in [-0.4, -0.2) is 17.1 Å². The number of carbonyl (C=O) groups is 1. The van der Waals surface area contributed by atoms with Gasteiger partial charge in [0.2, 0.25) is 5.43 Å². The fourth-order valence-corrected chi connectivity index (χ4v) is 3.12. The molecule has 1 heterocycles. The number of rotatable bonds is 4. The van der Waals surface area contributed by atoms with Crippen molar-refractivity contribution >= 4 is 28.5 Å². The number of alkyl halides is 3. The van der Waals surface area contributed by atoms with Crippen molar-refractivity contribution in [2.75, 3.05) is 6.61 Å². The Kier molecular flexibility index (Phi) is 5.66. The molecule has 0 atom stereocenters. The number of halogens is 5. The van der Waals surface area contributed by atoms with E-state index in [4.69, 9.17) is 16.3 Å². The zero-order valence-electron chi connectivity index (χ0n) is 15.0. The van der Waals surface area contributed by atoms with Crippen molar-refractivity contribution in [3.8, 4) is 0 Å². The third-order valence-electron chi connectivity index (χ3n) is 4.27. The van der Waals surface area contributed by atoms with Crippen molar-refractivity contribution in [2.24, 2.45) is 0 Å². The predicted octanol–water partition coefficient (Wildman–Crippen LogP) is 5.04. The molecule has 2 aromatic carbocycles. The highest BCUT2D eigenvalue weighted by atomic mass is 35.5. The lowest BCUT2D eigenvalue weighted by Crippen LogP contribution is -2.22. The number of hydrogen-bond donors (Lipinski definition) is 0. The van der Waals surface area contributed by atoms with Crippen LogP contribution in [0.15, 0.2) is 47.4 Å². The van der Waals surface area contributed by atoms with E-state index in [-0.39, 0.29) is 24.1 Å². The highest BCUT2D eigenvalue weighted by Gasteiger charge is 2.35. The number of aromatic nitrogens is 1. The molecule has 0 fully saturated rings. The van der Waals surface area contributed by atoms with E-state index in [0.717, 1.165) is 6.20 Å². The van der Waals surface area contributed by atoms with Gasteiger partial charge in [-0.25, -0.2) is 9.18 Å². The number of fused-ring (bicyclic) bond motifs is 1. The van der Waals surface area contributed by atoms with Crippen LogP contribution in [0.4, 0.5) is 17.6 Å². The normalized spacial score (nSPS) is 11.7. The summed E-state index contributed by atoms with van der Waals surface area (Å²) in [6.07, 6.45) is -3.85. The summed E-state index contributed by atoms with van der Waals surface area (Å²) in [5.41, 5.74) is -2.49. The van der Waals surface area contributed by atoms with E-state index in [0.29, 0.717) is 22.7 Å². The minimum absolute atomic E-state index is 0.0117. The van der Waals surface area contributed by atoms with E-state index in [1.165, 1.54) is 11.5 Å². The molecule has 1 aromatic heterocycles. The summed E-state index contributed by atoms with van der Waals surface area (Å²) in [5.74, 6) is -2.56. The van der Waals surface area contributed by atoms with Gasteiger partial charge in [0.1, 0.15) is 11.4 Å². The smallest absolute Gasteiger partial charge is 0.419 e. The van der Waals surface area contributed by atoms with Crippen molar-refractivity contribution < 1.29 is 27.1 Å². The number of carbonyl (C=O) groups excluding carboxylic acids is 1. The topological polar surface area (TPSA) is 48.3 Å². The first-order valence-corrected chi connectivity index (χ1v) is 8.85. The minimum Gasteiger partial charge on any atom is -0.462 e. The monoisotopic (exact) mass is 427 g/mol. The van der Waals surface area contributed by atoms with Crippen LogP contribution in [0.3, 0.4) is 0 Å². The van der Waals surface area contributed by atoms with Gasteiger partial charge >= 0.3 is 12.1 Å². The van der Waals surface area contributed by atoms with Gasteiger partial charge in [0.05, 0.1) is 17.7 Å². The molecule has 9 heteroatoms. The Morgan fingerprint density at radius 2 is 1.90 bits per heavy atom. The maximum atomic E-state index is 14.1. The molecular weight excluding hydrogens is 414 g/mol. The Balaban J connectivity index is 2.33. The van der Waals surface area contributed by atoms with E-state index in [2.05, 4.69) is 0 Å². The van der Waals surface area contributed by atoms with Crippen LogP contribution < -0.4 is 5.43 Å². The van der Waals surface area contributed by atoms with Crippen molar-refractivity contribution in [1.29, 1.82) is 0 Å². The fraction of sp³-hybridized carbons (Fsp3) is 0.200. The van der Waals surface area contributed by atoms with Crippen LogP contribution >= 0.6 is 11.6 Å². The summed E-state index contributed by atoms with van der Waals surface area (Å²) in [6.45, 7) is 1.48. The molecule has 3 aromatic rings. The third-order valence-corrected chi connectivity index (χ3v) is 4.64. The summed E-state index contributed by atoms with van der Waals surface area (Å²) in [4.78, 5) is 24.8. The molecule has 0 amide bonds. The largest absolute Gasteiger partial charge is 0.462 e. The average molecular weight is 428 g/mol. The van der Waals surface area contributed by atoms with Crippen molar-refractivity contribution in [1.82, 2.24) is 4.57 Å². The standard InChI is InChI=1S/C20H14ClF4NO3/c1-2-29-19(28)13-10-26(9-11-5-3-4-6-15(11)21)17-8-14(20(23,24)25)16(22)7-12(17)18(13)27/h3-8,10H,2,9H2,1H3. The molecular formula is C20H14ClF4NO3. The number of benzene rings is 2. The van der Waals surface area contributed by atoms with Crippen LogP contribution in [0.1, 0.15) is 28.4 Å². The van der Waals surface area contributed by atoms with Crippen molar-refractivity contribution in [3.05, 3.63) is 80.3 Å². The van der Waals surface area contributed by atoms with Crippen LogP contribution in [-0.2, 0) is 17.5 Å². The Bertz CT molecular complexity index is 1150. The van der Waals surface area contributed by atoms with E-state index < -0.39 is 34.5 Å². The molecule has 3 rings (SSSR count). The highest BCUT2D eigenvalue weighted by molar-refractivity contribution is 6.31. The zero-order chi connectivity index (χ0) is 21.3. The minimum atomic E-state index is -4.96. The fourth-order valence-electron chi connectivity index (χ4n) is 2.92. The molecule has 0 spiro atoms. The number of pyridine rings is 1. The molecule has 29 heavy (non-hydrogen) atoms. The van der Waals surface area contributed by atoms with Crippen molar-refractivity contribution in [2.45, 2.75) is 19.6 Å². The molecule has 4 nitrogen and oxygen atoms in total. The summed E-state index contributed by atoms with van der Waals surface area (Å²) >= 11 is 6.13. The average Bonchev–Trinajstić information content (AvgIpc) is 2.64. The zero-order valence-corrected chi connectivity index (χ0v) is 15.8. The summed E-state index contributed by atoms with van der Waals surface area (Å²) in [7, 11) is 0. The molecule has 0 aliphatic rings. The van der Waals surface area contributed by atoms with Gasteiger partial charge in [0.15, 0.2) is 0 Å². The molecule has 0 N–H and O–H groups in total. The van der Waals surface area contributed by atoms with Gasteiger partial charge in [-0.05, 0) is 30.7 Å². The maximum absolute atomic E-state index is 14.1. The molecule has 0 saturated heterocycles. The maximum Gasteiger partial charge on any atom is 0.419 e. The van der Waals surface area contributed by atoms with Gasteiger partial charge in [-0.1, -0.05) is 29.8 Å². The van der Waals surface area contributed by atoms with E-state index in [9.17, 15) is 27.2 Å². The van der Waals surface area contributed by atoms with Gasteiger partial charge in [0.25, 0.3) is 0 Å². The first kappa shape index (κ1) is 20.9. The molecule has 0 radical (unpaired) electrons. The molecule has 152 valence electrons. The lowest BCUT2D eigenvalue weighted by atomic mass is 10.1. The first-order chi connectivity index (χ1) is 13.6. The van der Waals surface area contributed by atoms with Gasteiger partial charge in [-0.2, -0.15) is 13.2 Å². The molecule has 0 aliphatic heterocycles. The second-order valence-electron chi connectivity index (χ2n) is 6.16. The highest BCUT2D eigenvalue weighted by Crippen LogP contribution is 2.33. The van der Waals surface area contributed by atoms with Crippen LogP contribution in [0.25, 0.3) is 10.9 Å². The molecule has 0 aliphatic carbocycles. The quantitative estimate of drug-likeness (QED) is 0.433.